The zero-order valence-electron chi connectivity index (χ0n) is 15.0. The molecule has 0 saturated carbocycles. The van der Waals surface area contributed by atoms with Gasteiger partial charge in [0.05, 0.1) is 18.2 Å². The molecule has 1 aromatic heterocycles. The van der Waals surface area contributed by atoms with Crippen molar-refractivity contribution in [3.63, 3.8) is 0 Å². The molecule has 1 aromatic carbocycles. The SMILES string of the molecule is CC.CC/C=C(F)\C=C/CN=c1sc(-c2ccc(C#N)cc2)nn1C. The van der Waals surface area contributed by atoms with Gasteiger partial charge >= 0.3 is 0 Å². The van der Waals surface area contributed by atoms with E-state index in [0.29, 0.717) is 18.5 Å². The van der Waals surface area contributed by atoms with E-state index >= 15 is 0 Å². The van der Waals surface area contributed by atoms with Crippen LogP contribution in [0.15, 0.2) is 53.3 Å². The van der Waals surface area contributed by atoms with Crippen LogP contribution >= 0.6 is 11.3 Å². The molecule has 25 heavy (non-hydrogen) atoms. The van der Waals surface area contributed by atoms with Gasteiger partial charge in [0.2, 0.25) is 4.80 Å². The van der Waals surface area contributed by atoms with Crippen molar-refractivity contribution in [2.75, 3.05) is 6.54 Å². The number of nitrogens with zero attached hydrogens (tertiary/aromatic N) is 4. The lowest BCUT2D eigenvalue weighted by Gasteiger charge is -1.94. The number of nitriles is 1. The Labute approximate surface area is 152 Å². The van der Waals surface area contributed by atoms with Gasteiger partial charge in [-0.1, -0.05) is 50.3 Å². The van der Waals surface area contributed by atoms with Gasteiger partial charge in [0.25, 0.3) is 0 Å². The van der Waals surface area contributed by atoms with Crippen LogP contribution < -0.4 is 4.80 Å². The van der Waals surface area contributed by atoms with Gasteiger partial charge in [0, 0.05) is 12.6 Å². The largest absolute Gasteiger partial charge is 0.253 e. The van der Waals surface area contributed by atoms with Gasteiger partial charge < -0.3 is 0 Å². The van der Waals surface area contributed by atoms with Gasteiger partial charge in [-0.05, 0) is 30.7 Å². The molecule has 0 atom stereocenters. The summed E-state index contributed by atoms with van der Waals surface area (Å²) in [5.74, 6) is -0.241. The highest BCUT2D eigenvalue weighted by Crippen LogP contribution is 2.19. The van der Waals surface area contributed by atoms with E-state index in [-0.39, 0.29) is 5.83 Å². The third-order valence-electron chi connectivity index (χ3n) is 2.97. The topological polar surface area (TPSA) is 54.0 Å². The lowest BCUT2D eigenvalue weighted by atomic mass is 10.2. The number of aromatic nitrogens is 2. The number of hydrogen-bond acceptors (Lipinski definition) is 4. The van der Waals surface area contributed by atoms with Crippen molar-refractivity contribution in [2.24, 2.45) is 12.0 Å². The van der Waals surface area contributed by atoms with E-state index in [1.807, 2.05) is 40.0 Å². The van der Waals surface area contributed by atoms with E-state index in [2.05, 4.69) is 16.2 Å². The predicted molar refractivity (Wildman–Crippen MR) is 102 cm³/mol. The number of aryl methyl sites for hydroxylation is 1. The molecule has 0 N–H and O–H groups in total. The monoisotopic (exact) mass is 358 g/mol. The summed E-state index contributed by atoms with van der Waals surface area (Å²) in [6.45, 7) is 6.29. The number of benzene rings is 1. The maximum Gasteiger partial charge on any atom is 0.203 e. The molecule has 0 unspecified atom stereocenters. The molecule has 0 aliphatic rings. The molecule has 0 saturated heterocycles. The Morgan fingerprint density at radius 2 is 2.04 bits per heavy atom. The van der Waals surface area contributed by atoms with E-state index in [4.69, 9.17) is 5.26 Å². The fraction of sp³-hybridized carbons (Fsp3) is 0.316. The van der Waals surface area contributed by atoms with Crippen LogP contribution in [0.2, 0.25) is 0 Å². The highest BCUT2D eigenvalue weighted by atomic mass is 32.1. The quantitative estimate of drug-likeness (QED) is 0.723. The summed E-state index contributed by atoms with van der Waals surface area (Å²) in [5, 5.41) is 14.1. The molecule has 6 heteroatoms. The summed E-state index contributed by atoms with van der Waals surface area (Å²) in [6.07, 6.45) is 5.30. The Morgan fingerprint density at radius 3 is 2.64 bits per heavy atom. The summed E-state index contributed by atoms with van der Waals surface area (Å²) < 4.78 is 14.9. The first-order chi connectivity index (χ1) is 12.1. The fourth-order valence-corrected chi connectivity index (χ4v) is 2.75. The zero-order chi connectivity index (χ0) is 18.7. The Hall–Kier alpha value is -2.52. The number of rotatable bonds is 5. The second-order valence-electron chi connectivity index (χ2n) is 4.74. The first-order valence-corrected chi connectivity index (χ1v) is 9.03. The van der Waals surface area contributed by atoms with Crippen molar-refractivity contribution >= 4 is 11.3 Å². The summed E-state index contributed by atoms with van der Waals surface area (Å²) >= 11 is 1.46. The number of hydrogen-bond donors (Lipinski definition) is 0. The molecular weight excluding hydrogens is 335 g/mol. The molecule has 0 radical (unpaired) electrons. The second kappa shape index (κ2) is 11.1. The van der Waals surface area contributed by atoms with Crippen LogP contribution in [0.4, 0.5) is 4.39 Å². The van der Waals surface area contributed by atoms with Gasteiger partial charge in [-0.25, -0.2) is 9.07 Å². The molecule has 0 aliphatic heterocycles. The normalized spacial score (nSPS) is 12.0. The van der Waals surface area contributed by atoms with Gasteiger partial charge in [-0.15, -0.1) is 0 Å². The minimum Gasteiger partial charge on any atom is -0.253 e. The average Bonchev–Trinajstić information content (AvgIpc) is 3.01. The molecule has 132 valence electrons. The van der Waals surface area contributed by atoms with Crippen LogP contribution in [0, 0.1) is 11.3 Å². The Balaban J connectivity index is 0.00000151. The number of halogens is 1. The Bertz CT molecular complexity index is 820. The smallest absolute Gasteiger partial charge is 0.203 e. The van der Waals surface area contributed by atoms with Gasteiger partial charge in [0.1, 0.15) is 10.8 Å². The van der Waals surface area contributed by atoms with E-state index in [9.17, 15) is 4.39 Å². The highest BCUT2D eigenvalue weighted by molar-refractivity contribution is 7.12. The lowest BCUT2D eigenvalue weighted by molar-refractivity contribution is 0.660. The molecule has 2 aromatic rings. The van der Waals surface area contributed by atoms with E-state index in [1.54, 1.807) is 22.9 Å². The van der Waals surface area contributed by atoms with Crippen LogP contribution in [0.25, 0.3) is 10.6 Å². The third kappa shape index (κ3) is 6.48. The molecule has 0 aliphatic carbocycles. The maximum atomic E-state index is 13.2. The fourth-order valence-electron chi connectivity index (χ4n) is 1.85. The standard InChI is InChI=1S/C17H17FN4S.C2H6/c1-3-5-15(18)6-4-11-20-17-22(2)21-16(23-17)14-9-7-13(12-19)8-10-14;1-2/h4-10H,3,11H2,1-2H3;1-2H3/b6-4-,15-5+,20-17?;. The van der Waals surface area contributed by atoms with E-state index in [1.165, 1.54) is 23.5 Å². The summed E-state index contributed by atoms with van der Waals surface area (Å²) in [4.78, 5) is 5.16. The van der Waals surface area contributed by atoms with Crippen molar-refractivity contribution in [3.05, 3.63) is 58.7 Å². The molecule has 1 heterocycles. The van der Waals surface area contributed by atoms with Crippen molar-refractivity contribution in [2.45, 2.75) is 27.2 Å². The molecular formula is C19H23FN4S. The van der Waals surface area contributed by atoms with Crippen molar-refractivity contribution in [1.82, 2.24) is 9.78 Å². The van der Waals surface area contributed by atoms with E-state index in [0.717, 1.165) is 15.4 Å². The average molecular weight is 358 g/mol. The molecule has 0 fully saturated rings. The predicted octanol–water partition coefficient (Wildman–Crippen LogP) is 4.77. The minimum absolute atomic E-state index is 0.241. The zero-order valence-corrected chi connectivity index (χ0v) is 15.8. The van der Waals surface area contributed by atoms with Crippen LogP contribution in [0.3, 0.4) is 0 Å². The summed E-state index contributed by atoms with van der Waals surface area (Å²) in [5.41, 5.74) is 1.56. The Morgan fingerprint density at radius 1 is 1.36 bits per heavy atom. The number of allylic oxidation sites excluding steroid dienone is 3. The molecule has 0 spiro atoms. The van der Waals surface area contributed by atoms with Crippen molar-refractivity contribution < 1.29 is 4.39 Å². The van der Waals surface area contributed by atoms with Crippen molar-refractivity contribution in [3.8, 4) is 16.6 Å². The van der Waals surface area contributed by atoms with Gasteiger partial charge in [-0.2, -0.15) is 10.4 Å². The highest BCUT2D eigenvalue weighted by Gasteiger charge is 2.04. The van der Waals surface area contributed by atoms with Crippen molar-refractivity contribution in [1.29, 1.82) is 5.26 Å². The minimum atomic E-state index is -0.241. The van der Waals surface area contributed by atoms with Crippen LogP contribution in [0.1, 0.15) is 32.8 Å². The second-order valence-corrected chi connectivity index (χ2v) is 5.70. The molecule has 0 bridgehead atoms. The van der Waals surface area contributed by atoms with Gasteiger partial charge in [-0.3, -0.25) is 4.99 Å². The lowest BCUT2D eigenvalue weighted by Crippen LogP contribution is -2.11. The first kappa shape index (κ1) is 20.5. The third-order valence-corrected chi connectivity index (χ3v) is 4.06. The van der Waals surface area contributed by atoms with Crippen LogP contribution in [-0.4, -0.2) is 16.3 Å². The molecule has 4 nitrogen and oxygen atoms in total. The molecule has 0 amide bonds. The van der Waals surface area contributed by atoms with Gasteiger partial charge in [0.15, 0.2) is 0 Å². The molecule has 2 rings (SSSR count). The first-order valence-electron chi connectivity index (χ1n) is 8.21. The summed E-state index contributed by atoms with van der Waals surface area (Å²) in [7, 11) is 1.82. The van der Waals surface area contributed by atoms with E-state index < -0.39 is 0 Å². The summed E-state index contributed by atoms with van der Waals surface area (Å²) in [6, 6.07) is 9.35. The maximum absolute atomic E-state index is 13.2. The van der Waals surface area contributed by atoms with Crippen LogP contribution in [0.5, 0.6) is 0 Å². The Kier molecular flexibility index (Phi) is 9.12. The van der Waals surface area contributed by atoms with Crippen LogP contribution in [-0.2, 0) is 7.05 Å².